The van der Waals surface area contributed by atoms with Gasteiger partial charge >= 0.3 is 0 Å². The number of benzene rings is 1. The largest absolute Gasteiger partial charge is 0.314 e. The van der Waals surface area contributed by atoms with Crippen LogP contribution < -0.4 is 5.32 Å². The maximum atomic E-state index is 13.1. The van der Waals surface area contributed by atoms with Crippen LogP contribution in [0, 0.1) is 5.82 Å². The summed E-state index contributed by atoms with van der Waals surface area (Å²) in [5.74, 6) is -0.145. The molecule has 1 saturated carbocycles. The van der Waals surface area contributed by atoms with Crippen molar-refractivity contribution in [3.8, 4) is 0 Å². The van der Waals surface area contributed by atoms with Gasteiger partial charge in [0.1, 0.15) is 5.82 Å². The lowest BCUT2D eigenvalue weighted by atomic mass is 10.2. The molecule has 0 spiro atoms. The van der Waals surface area contributed by atoms with Gasteiger partial charge in [-0.2, -0.15) is 0 Å². The van der Waals surface area contributed by atoms with Crippen molar-refractivity contribution < 1.29 is 4.39 Å². The van der Waals surface area contributed by atoms with Gasteiger partial charge in [-0.05, 0) is 57.1 Å². The molecule has 0 amide bonds. The van der Waals surface area contributed by atoms with Gasteiger partial charge in [0.05, 0.1) is 0 Å². The van der Waals surface area contributed by atoms with Gasteiger partial charge in [-0.25, -0.2) is 4.39 Å². The highest BCUT2D eigenvalue weighted by Crippen LogP contribution is 2.17. The Hall–Kier alpha value is -0.930. The van der Waals surface area contributed by atoms with Crippen molar-refractivity contribution in [2.45, 2.75) is 44.7 Å². The molecule has 0 atom stereocenters. The Morgan fingerprint density at radius 3 is 2.84 bits per heavy atom. The molecule has 1 N–H and O–H groups in total. The van der Waals surface area contributed by atoms with Crippen LogP contribution in [0.1, 0.15) is 37.7 Å². The Bertz CT molecular complexity index is 375. The van der Waals surface area contributed by atoms with E-state index in [1.807, 2.05) is 6.07 Å². The lowest BCUT2D eigenvalue weighted by Crippen LogP contribution is -2.29. The van der Waals surface area contributed by atoms with Gasteiger partial charge < -0.3 is 10.2 Å². The second-order valence-corrected chi connectivity index (χ2v) is 5.66. The molecule has 106 valence electrons. The summed E-state index contributed by atoms with van der Waals surface area (Å²) in [6.45, 7) is 2.97. The molecule has 2 nitrogen and oxygen atoms in total. The van der Waals surface area contributed by atoms with Crippen LogP contribution in [-0.2, 0) is 6.54 Å². The normalized spacial score (nSPS) is 16.4. The van der Waals surface area contributed by atoms with E-state index in [1.165, 1.54) is 31.7 Å². The Balaban J connectivity index is 1.60. The monoisotopic (exact) mass is 264 g/mol. The molecule has 0 heterocycles. The molecule has 0 radical (unpaired) electrons. The zero-order valence-electron chi connectivity index (χ0n) is 11.9. The lowest BCUT2D eigenvalue weighted by molar-refractivity contribution is 0.316. The first-order chi connectivity index (χ1) is 9.24. The van der Waals surface area contributed by atoms with Crippen molar-refractivity contribution in [1.82, 2.24) is 10.2 Å². The number of nitrogens with one attached hydrogen (secondary N) is 1. The molecule has 3 heteroatoms. The summed E-state index contributed by atoms with van der Waals surface area (Å²) in [6, 6.07) is 7.63. The Labute approximate surface area is 116 Å². The predicted octanol–water partition coefficient (Wildman–Crippen LogP) is 3.18. The zero-order chi connectivity index (χ0) is 13.5. The quantitative estimate of drug-likeness (QED) is 0.761. The molecule has 1 fully saturated rings. The molecule has 0 aromatic heterocycles. The van der Waals surface area contributed by atoms with Gasteiger partial charge in [0.2, 0.25) is 0 Å². The number of halogens is 1. The van der Waals surface area contributed by atoms with Crippen LogP contribution in [0.2, 0.25) is 0 Å². The van der Waals surface area contributed by atoms with Gasteiger partial charge in [0.25, 0.3) is 0 Å². The average molecular weight is 264 g/mol. The Morgan fingerprint density at radius 1 is 1.32 bits per heavy atom. The van der Waals surface area contributed by atoms with Gasteiger partial charge in [0, 0.05) is 12.6 Å². The standard InChI is InChI=1S/C16H25FN2/c1-19(13-14-6-4-7-15(17)12-14)11-5-10-18-16-8-2-3-9-16/h4,6-7,12,16,18H,2-3,5,8-11,13H2,1H3. The van der Waals surface area contributed by atoms with Crippen molar-refractivity contribution in [1.29, 1.82) is 0 Å². The highest BCUT2D eigenvalue weighted by atomic mass is 19.1. The van der Waals surface area contributed by atoms with Crippen LogP contribution in [0.3, 0.4) is 0 Å². The van der Waals surface area contributed by atoms with Crippen LogP contribution in [0.25, 0.3) is 0 Å². The molecule has 19 heavy (non-hydrogen) atoms. The minimum Gasteiger partial charge on any atom is -0.314 e. The molecule has 0 saturated heterocycles. The molecular formula is C16H25FN2. The molecule has 2 rings (SSSR count). The fraction of sp³-hybridized carbons (Fsp3) is 0.625. The van der Waals surface area contributed by atoms with Crippen LogP contribution in [0.4, 0.5) is 4.39 Å². The summed E-state index contributed by atoms with van der Waals surface area (Å²) in [6.07, 6.45) is 6.62. The molecule has 0 bridgehead atoms. The SMILES string of the molecule is CN(CCCNC1CCCC1)Cc1cccc(F)c1. The fourth-order valence-corrected chi connectivity index (χ4v) is 2.81. The van der Waals surface area contributed by atoms with E-state index in [4.69, 9.17) is 0 Å². The van der Waals surface area contributed by atoms with E-state index in [1.54, 1.807) is 12.1 Å². The first-order valence-electron chi connectivity index (χ1n) is 7.40. The second-order valence-electron chi connectivity index (χ2n) is 5.66. The highest BCUT2D eigenvalue weighted by molar-refractivity contribution is 5.15. The number of rotatable bonds is 7. The lowest BCUT2D eigenvalue weighted by Gasteiger charge is -2.18. The molecule has 1 aromatic rings. The first-order valence-corrected chi connectivity index (χ1v) is 7.40. The van der Waals surface area contributed by atoms with E-state index >= 15 is 0 Å². The second kappa shape index (κ2) is 7.61. The summed E-state index contributed by atoms with van der Waals surface area (Å²) in [7, 11) is 2.10. The molecule has 0 unspecified atom stereocenters. The third kappa shape index (κ3) is 5.29. The number of hydrogen-bond acceptors (Lipinski definition) is 2. The summed E-state index contributed by atoms with van der Waals surface area (Å²) in [5, 5.41) is 3.62. The van der Waals surface area contributed by atoms with Crippen LogP contribution in [0.15, 0.2) is 24.3 Å². The first kappa shape index (κ1) is 14.5. The summed E-state index contributed by atoms with van der Waals surface area (Å²) in [5.41, 5.74) is 1.05. The van der Waals surface area contributed by atoms with Crippen molar-refractivity contribution >= 4 is 0 Å². The Kier molecular flexibility index (Phi) is 5.80. The molecule has 1 aliphatic rings. The zero-order valence-corrected chi connectivity index (χ0v) is 11.9. The van der Waals surface area contributed by atoms with Crippen LogP contribution in [-0.4, -0.2) is 31.1 Å². The van der Waals surface area contributed by atoms with Gasteiger partial charge in [-0.3, -0.25) is 0 Å². The predicted molar refractivity (Wildman–Crippen MR) is 77.6 cm³/mol. The van der Waals surface area contributed by atoms with E-state index in [9.17, 15) is 4.39 Å². The van der Waals surface area contributed by atoms with Gasteiger partial charge in [0.15, 0.2) is 0 Å². The number of nitrogens with zero attached hydrogens (tertiary/aromatic N) is 1. The van der Waals surface area contributed by atoms with Crippen molar-refractivity contribution in [3.05, 3.63) is 35.6 Å². The smallest absolute Gasteiger partial charge is 0.123 e. The number of hydrogen-bond donors (Lipinski definition) is 1. The fourth-order valence-electron chi connectivity index (χ4n) is 2.81. The maximum absolute atomic E-state index is 13.1. The van der Waals surface area contributed by atoms with Crippen molar-refractivity contribution in [2.75, 3.05) is 20.1 Å². The van der Waals surface area contributed by atoms with Crippen LogP contribution in [0.5, 0.6) is 0 Å². The minimum atomic E-state index is -0.145. The van der Waals surface area contributed by atoms with Gasteiger partial charge in [-0.1, -0.05) is 25.0 Å². The van der Waals surface area contributed by atoms with E-state index in [2.05, 4.69) is 17.3 Å². The van der Waals surface area contributed by atoms with Crippen LogP contribution >= 0.6 is 0 Å². The minimum absolute atomic E-state index is 0.145. The maximum Gasteiger partial charge on any atom is 0.123 e. The van der Waals surface area contributed by atoms with Crippen molar-refractivity contribution in [2.24, 2.45) is 0 Å². The van der Waals surface area contributed by atoms with Gasteiger partial charge in [-0.15, -0.1) is 0 Å². The third-order valence-electron chi connectivity index (χ3n) is 3.85. The highest BCUT2D eigenvalue weighted by Gasteiger charge is 2.13. The third-order valence-corrected chi connectivity index (χ3v) is 3.85. The summed E-state index contributed by atoms with van der Waals surface area (Å²) < 4.78 is 13.1. The van der Waals surface area contributed by atoms with E-state index < -0.39 is 0 Å². The van der Waals surface area contributed by atoms with Crippen molar-refractivity contribution in [3.63, 3.8) is 0 Å². The van der Waals surface area contributed by atoms with E-state index in [0.717, 1.165) is 37.7 Å². The topological polar surface area (TPSA) is 15.3 Å². The van der Waals surface area contributed by atoms with E-state index in [0.29, 0.717) is 0 Å². The Morgan fingerprint density at radius 2 is 2.11 bits per heavy atom. The summed E-state index contributed by atoms with van der Waals surface area (Å²) in [4.78, 5) is 2.26. The molecule has 0 aliphatic heterocycles. The molecule has 1 aliphatic carbocycles. The molecule has 1 aromatic carbocycles. The molecular weight excluding hydrogens is 239 g/mol. The van der Waals surface area contributed by atoms with E-state index in [-0.39, 0.29) is 5.82 Å². The summed E-state index contributed by atoms with van der Waals surface area (Å²) >= 11 is 0. The average Bonchev–Trinajstić information content (AvgIpc) is 2.88.